The number of rotatable bonds is 7. The Hall–Kier alpha value is -2.24. The molecule has 0 aliphatic heterocycles. The maximum atomic E-state index is 12.1. The lowest BCUT2D eigenvalue weighted by molar-refractivity contribution is 0.0944. The SMILES string of the molecule is CCCOc1cccc(C(=O)NCC(C)(C)/C(N)=N/O)c1. The number of hydrogen-bond donors (Lipinski definition) is 3. The highest BCUT2D eigenvalue weighted by atomic mass is 16.5. The van der Waals surface area contributed by atoms with E-state index < -0.39 is 5.41 Å². The van der Waals surface area contributed by atoms with Gasteiger partial charge >= 0.3 is 0 Å². The molecule has 0 aromatic heterocycles. The number of nitrogens with one attached hydrogen (secondary N) is 1. The van der Waals surface area contributed by atoms with E-state index in [1.54, 1.807) is 32.0 Å². The first-order valence-corrected chi connectivity index (χ1v) is 6.89. The molecular weight excluding hydrogens is 270 g/mol. The minimum absolute atomic E-state index is 0.0721. The molecule has 0 atom stereocenters. The maximum absolute atomic E-state index is 12.1. The minimum Gasteiger partial charge on any atom is -0.494 e. The summed E-state index contributed by atoms with van der Waals surface area (Å²) in [6.07, 6.45) is 0.907. The van der Waals surface area contributed by atoms with Crippen LogP contribution in [0.5, 0.6) is 5.75 Å². The normalized spacial score (nSPS) is 12.0. The number of hydrogen-bond acceptors (Lipinski definition) is 4. The van der Waals surface area contributed by atoms with Crippen molar-refractivity contribution in [2.45, 2.75) is 27.2 Å². The highest BCUT2D eigenvalue weighted by molar-refractivity contribution is 5.95. The zero-order valence-electron chi connectivity index (χ0n) is 12.7. The largest absolute Gasteiger partial charge is 0.494 e. The van der Waals surface area contributed by atoms with Crippen LogP contribution >= 0.6 is 0 Å². The topological polar surface area (TPSA) is 96.9 Å². The molecule has 0 aliphatic carbocycles. The molecule has 0 aliphatic rings. The van der Waals surface area contributed by atoms with Crippen LogP contribution in [0.25, 0.3) is 0 Å². The Labute approximate surface area is 125 Å². The number of carbonyl (C=O) groups is 1. The van der Waals surface area contributed by atoms with Gasteiger partial charge in [0.15, 0.2) is 0 Å². The molecule has 116 valence electrons. The Morgan fingerprint density at radius 2 is 2.19 bits per heavy atom. The van der Waals surface area contributed by atoms with Gasteiger partial charge in [-0.25, -0.2) is 0 Å². The lowest BCUT2D eigenvalue weighted by atomic mass is 9.92. The molecular formula is C15H23N3O3. The van der Waals surface area contributed by atoms with Gasteiger partial charge in [-0.3, -0.25) is 4.79 Å². The third-order valence-corrected chi connectivity index (χ3v) is 3.06. The first kappa shape index (κ1) is 16.8. The summed E-state index contributed by atoms with van der Waals surface area (Å²) in [6.45, 7) is 6.46. The fourth-order valence-electron chi connectivity index (χ4n) is 1.58. The molecule has 0 radical (unpaired) electrons. The van der Waals surface area contributed by atoms with Gasteiger partial charge < -0.3 is 21.0 Å². The number of amides is 1. The standard InChI is InChI=1S/C15H23N3O3/c1-4-8-21-12-7-5-6-11(9-12)13(19)17-10-15(2,3)14(16)18-20/h5-7,9,20H,4,8,10H2,1-3H3,(H2,16,18)(H,17,19). The van der Waals surface area contributed by atoms with Gasteiger partial charge in [0.25, 0.3) is 5.91 Å². The molecule has 1 amide bonds. The summed E-state index contributed by atoms with van der Waals surface area (Å²) < 4.78 is 5.49. The first-order valence-electron chi connectivity index (χ1n) is 6.89. The zero-order valence-corrected chi connectivity index (χ0v) is 12.7. The van der Waals surface area contributed by atoms with E-state index in [0.29, 0.717) is 17.9 Å². The Morgan fingerprint density at radius 1 is 1.48 bits per heavy atom. The van der Waals surface area contributed by atoms with E-state index in [1.807, 2.05) is 13.0 Å². The van der Waals surface area contributed by atoms with Crippen molar-refractivity contribution >= 4 is 11.7 Å². The fraction of sp³-hybridized carbons (Fsp3) is 0.467. The van der Waals surface area contributed by atoms with Crippen molar-refractivity contribution in [3.63, 3.8) is 0 Å². The molecule has 0 heterocycles. The van der Waals surface area contributed by atoms with Crippen molar-refractivity contribution in [3.05, 3.63) is 29.8 Å². The average Bonchev–Trinajstić information content (AvgIpc) is 2.50. The van der Waals surface area contributed by atoms with Crippen molar-refractivity contribution in [1.29, 1.82) is 0 Å². The molecule has 0 spiro atoms. The van der Waals surface area contributed by atoms with Crippen molar-refractivity contribution in [3.8, 4) is 5.75 Å². The quantitative estimate of drug-likeness (QED) is 0.310. The van der Waals surface area contributed by atoms with Crippen LogP contribution in [-0.2, 0) is 0 Å². The average molecular weight is 293 g/mol. The molecule has 0 fully saturated rings. The van der Waals surface area contributed by atoms with Gasteiger partial charge in [-0.1, -0.05) is 32.0 Å². The monoisotopic (exact) mass is 293 g/mol. The van der Waals surface area contributed by atoms with Crippen molar-refractivity contribution in [2.75, 3.05) is 13.2 Å². The third kappa shape index (κ3) is 4.98. The van der Waals surface area contributed by atoms with Crippen LogP contribution in [0.1, 0.15) is 37.6 Å². The van der Waals surface area contributed by atoms with E-state index in [1.165, 1.54) is 0 Å². The summed E-state index contributed by atoms with van der Waals surface area (Å²) in [5.74, 6) is 0.513. The first-order chi connectivity index (χ1) is 9.90. The molecule has 0 unspecified atom stereocenters. The van der Waals surface area contributed by atoms with Gasteiger partial charge in [-0.2, -0.15) is 0 Å². The van der Waals surface area contributed by atoms with Crippen molar-refractivity contribution in [1.82, 2.24) is 5.32 Å². The number of benzene rings is 1. The second-order valence-electron chi connectivity index (χ2n) is 5.43. The van der Waals surface area contributed by atoms with E-state index in [4.69, 9.17) is 15.7 Å². The highest BCUT2D eigenvalue weighted by Gasteiger charge is 2.24. The Balaban J connectivity index is 2.68. The van der Waals surface area contributed by atoms with E-state index in [2.05, 4.69) is 10.5 Å². The van der Waals surface area contributed by atoms with Crippen LogP contribution in [0.15, 0.2) is 29.4 Å². The fourth-order valence-corrected chi connectivity index (χ4v) is 1.58. The van der Waals surface area contributed by atoms with Gasteiger partial charge in [0, 0.05) is 17.5 Å². The van der Waals surface area contributed by atoms with Crippen LogP contribution in [0.4, 0.5) is 0 Å². The van der Waals surface area contributed by atoms with Gasteiger partial charge in [0.1, 0.15) is 11.6 Å². The molecule has 6 heteroatoms. The van der Waals surface area contributed by atoms with E-state index in [-0.39, 0.29) is 18.3 Å². The van der Waals surface area contributed by atoms with Crippen LogP contribution in [0.2, 0.25) is 0 Å². The van der Waals surface area contributed by atoms with Gasteiger partial charge in [-0.15, -0.1) is 0 Å². The van der Waals surface area contributed by atoms with Gasteiger partial charge in [0.05, 0.1) is 6.61 Å². The van der Waals surface area contributed by atoms with Crippen molar-refractivity contribution in [2.24, 2.45) is 16.3 Å². The third-order valence-electron chi connectivity index (χ3n) is 3.06. The molecule has 0 bridgehead atoms. The second kappa shape index (κ2) is 7.52. The molecule has 1 rings (SSSR count). The lowest BCUT2D eigenvalue weighted by Crippen LogP contribution is -2.42. The van der Waals surface area contributed by atoms with Crippen LogP contribution < -0.4 is 15.8 Å². The molecule has 4 N–H and O–H groups in total. The number of amidine groups is 1. The molecule has 1 aromatic carbocycles. The summed E-state index contributed by atoms with van der Waals surface area (Å²) in [5.41, 5.74) is 5.47. The predicted molar refractivity (Wildman–Crippen MR) is 81.8 cm³/mol. The van der Waals surface area contributed by atoms with E-state index in [9.17, 15) is 4.79 Å². The van der Waals surface area contributed by atoms with Crippen LogP contribution in [-0.4, -0.2) is 30.1 Å². The van der Waals surface area contributed by atoms with Crippen molar-refractivity contribution < 1.29 is 14.7 Å². The summed E-state index contributed by atoms with van der Waals surface area (Å²) >= 11 is 0. The summed E-state index contributed by atoms with van der Waals surface area (Å²) in [6, 6.07) is 6.99. The smallest absolute Gasteiger partial charge is 0.251 e. The van der Waals surface area contributed by atoms with Crippen LogP contribution in [0, 0.1) is 5.41 Å². The predicted octanol–water partition coefficient (Wildman–Crippen LogP) is 1.98. The molecule has 0 saturated heterocycles. The number of ether oxygens (including phenoxy) is 1. The van der Waals surface area contributed by atoms with Gasteiger partial charge in [-0.05, 0) is 24.6 Å². The van der Waals surface area contributed by atoms with E-state index >= 15 is 0 Å². The summed E-state index contributed by atoms with van der Waals surface area (Å²) in [4.78, 5) is 12.1. The highest BCUT2D eigenvalue weighted by Crippen LogP contribution is 2.16. The number of oxime groups is 1. The Kier molecular flexibility index (Phi) is 6.02. The van der Waals surface area contributed by atoms with E-state index in [0.717, 1.165) is 6.42 Å². The lowest BCUT2D eigenvalue weighted by Gasteiger charge is -2.23. The molecule has 21 heavy (non-hydrogen) atoms. The maximum Gasteiger partial charge on any atom is 0.251 e. The number of carbonyl (C=O) groups excluding carboxylic acids is 1. The molecule has 1 aromatic rings. The minimum atomic E-state index is -0.624. The van der Waals surface area contributed by atoms with Gasteiger partial charge in [0.2, 0.25) is 0 Å². The summed E-state index contributed by atoms with van der Waals surface area (Å²) in [5, 5.41) is 14.5. The second-order valence-corrected chi connectivity index (χ2v) is 5.43. The molecule has 6 nitrogen and oxygen atoms in total. The summed E-state index contributed by atoms with van der Waals surface area (Å²) in [7, 11) is 0. The number of nitrogens with two attached hydrogens (primary N) is 1. The number of nitrogens with zero attached hydrogens (tertiary/aromatic N) is 1. The van der Waals surface area contributed by atoms with Crippen LogP contribution in [0.3, 0.4) is 0 Å². The Bertz CT molecular complexity index is 513. The Morgan fingerprint density at radius 3 is 2.81 bits per heavy atom. The molecule has 0 saturated carbocycles. The zero-order chi connectivity index (χ0) is 15.9.